The van der Waals surface area contributed by atoms with Crippen molar-refractivity contribution in [3.05, 3.63) is 71.3 Å². The molecule has 0 aliphatic heterocycles. The van der Waals surface area contributed by atoms with E-state index in [9.17, 15) is 9.59 Å². The maximum Gasteiger partial charge on any atom is 0.219 e. The summed E-state index contributed by atoms with van der Waals surface area (Å²) in [6.07, 6.45) is 0. The molecule has 2 aromatic carbocycles. The van der Waals surface area contributed by atoms with Crippen molar-refractivity contribution < 1.29 is 9.59 Å². The summed E-state index contributed by atoms with van der Waals surface area (Å²) in [5.41, 5.74) is 2.39. The lowest BCUT2D eigenvalue weighted by atomic mass is 10.1. The molecule has 0 spiro atoms. The first kappa shape index (κ1) is 13.6. The number of rotatable bonds is 4. The highest BCUT2D eigenvalue weighted by Gasteiger charge is 2.07. The predicted octanol–water partition coefficient (Wildman–Crippen LogP) is 3.96. The van der Waals surface area contributed by atoms with Crippen LogP contribution in [0.25, 0.3) is 0 Å². The van der Waals surface area contributed by atoms with Crippen LogP contribution in [0.5, 0.6) is 0 Å². The summed E-state index contributed by atoms with van der Waals surface area (Å²) < 4.78 is 0. The molecule has 0 heterocycles. The summed E-state index contributed by atoms with van der Waals surface area (Å²) in [6, 6.07) is 16.7. The van der Waals surface area contributed by atoms with Gasteiger partial charge in [0.15, 0.2) is 5.78 Å². The van der Waals surface area contributed by atoms with Gasteiger partial charge in [0.1, 0.15) is 0 Å². The van der Waals surface area contributed by atoms with Crippen LogP contribution in [-0.4, -0.2) is 10.9 Å². The SMILES string of the molecule is CC(=O)c1ccc(C(=O)SCc2ccccc2)cc1. The lowest BCUT2D eigenvalue weighted by Gasteiger charge is -2.02. The summed E-state index contributed by atoms with van der Waals surface area (Å²) in [7, 11) is 0. The normalized spacial score (nSPS) is 10.2. The lowest BCUT2D eigenvalue weighted by Crippen LogP contribution is -1.97. The highest BCUT2D eigenvalue weighted by atomic mass is 32.2. The molecular formula is C16H14O2S. The van der Waals surface area contributed by atoms with E-state index in [2.05, 4.69) is 0 Å². The molecule has 0 radical (unpaired) electrons. The molecule has 3 heteroatoms. The summed E-state index contributed by atoms with van der Waals surface area (Å²) in [6.45, 7) is 1.51. The highest BCUT2D eigenvalue weighted by Crippen LogP contribution is 2.18. The number of hydrogen-bond donors (Lipinski definition) is 0. The van der Waals surface area contributed by atoms with Gasteiger partial charge in [-0.15, -0.1) is 0 Å². The van der Waals surface area contributed by atoms with E-state index in [1.807, 2.05) is 30.3 Å². The monoisotopic (exact) mass is 270 g/mol. The van der Waals surface area contributed by atoms with Crippen LogP contribution in [0.2, 0.25) is 0 Å². The smallest absolute Gasteiger partial charge is 0.219 e. The third-order valence-corrected chi connectivity index (χ3v) is 3.72. The van der Waals surface area contributed by atoms with Crippen LogP contribution in [0.1, 0.15) is 33.2 Å². The Hall–Kier alpha value is -1.87. The Balaban J connectivity index is 1.98. The van der Waals surface area contributed by atoms with E-state index in [1.54, 1.807) is 24.3 Å². The summed E-state index contributed by atoms with van der Waals surface area (Å²) in [4.78, 5) is 23.1. The average molecular weight is 270 g/mol. The molecule has 0 unspecified atom stereocenters. The molecule has 0 fully saturated rings. The number of hydrogen-bond acceptors (Lipinski definition) is 3. The van der Waals surface area contributed by atoms with E-state index >= 15 is 0 Å². The number of thioether (sulfide) groups is 1. The first-order chi connectivity index (χ1) is 9.16. The average Bonchev–Trinajstić information content (AvgIpc) is 2.46. The van der Waals surface area contributed by atoms with Crippen LogP contribution in [0.15, 0.2) is 54.6 Å². The van der Waals surface area contributed by atoms with E-state index in [-0.39, 0.29) is 10.9 Å². The molecule has 0 N–H and O–H groups in total. The van der Waals surface area contributed by atoms with Gasteiger partial charge in [0, 0.05) is 16.9 Å². The molecule has 0 bridgehead atoms. The van der Waals surface area contributed by atoms with Gasteiger partial charge < -0.3 is 0 Å². The predicted molar refractivity (Wildman–Crippen MR) is 78.5 cm³/mol. The minimum Gasteiger partial charge on any atom is -0.295 e. The molecule has 0 aliphatic rings. The Labute approximate surface area is 116 Å². The van der Waals surface area contributed by atoms with Crippen LogP contribution in [0.4, 0.5) is 0 Å². The molecule has 0 atom stereocenters. The quantitative estimate of drug-likeness (QED) is 0.788. The maximum absolute atomic E-state index is 12.0. The fraction of sp³-hybridized carbons (Fsp3) is 0.125. The Morgan fingerprint density at radius 3 is 2.05 bits per heavy atom. The van der Waals surface area contributed by atoms with Crippen LogP contribution >= 0.6 is 11.8 Å². The van der Waals surface area contributed by atoms with Gasteiger partial charge >= 0.3 is 0 Å². The number of carbonyl (C=O) groups is 2. The van der Waals surface area contributed by atoms with Gasteiger partial charge in [-0.25, -0.2) is 0 Å². The number of ketones is 1. The van der Waals surface area contributed by atoms with E-state index in [0.29, 0.717) is 16.9 Å². The van der Waals surface area contributed by atoms with Crippen LogP contribution < -0.4 is 0 Å². The third kappa shape index (κ3) is 3.80. The van der Waals surface area contributed by atoms with Crippen LogP contribution in [0, 0.1) is 0 Å². The Morgan fingerprint density at radius 2 is 1.47 bits per heavy atom. The highest BCUT2D eigenvalue weighted by molar-refractivity contribution is 8.13. The molecule has 2 rings (SSSR count). The largest absolute Gasteiger partial charge is 0.295 e. The molecular weight excluding hydrogens is 256 g/mol. The van der Waals surface area contributed by atoms with Crippen molar-refractivity contribution in [2.75, 3.05) is 0 Å². The molecule has 2 nitrogen and oxygen atoms in total. The van der Waals surface area contributed by atoms with Crippen LogP contribution in [-0.2, 0) is 5.75 Å². The Kier molecular flexibility index (Phi) is 4.53. The van der Waals surface area contributed by atoms with Crippen molar-refractivity contribution in [2.45, 2.75) is 12.7 Å². The second-order valence-electron chi connectivity index (χ2n) is 4.20. The topological polar surface area (TPSA) is 34.1 Å². The van der Waals surface area contributed by atoms with Crippen molar-refractivity contribution in [3.63, 3.8) is 0 Å². The Bertz CT molecular complexity index is 573. The second kappa shape index (κ2) is 6.34. The van der Waals surface area contributed by atoms with Gasteiger partial charge in [0.25, 0.3) is 0 Å². The van der Waals surface area contributed by atoms with Gasteiger partial charge in [-0.1, -0.05) is 54.2 Å². The van der Waals surface area contributed by atoms with Crippen molar-refractivity contribution >= 4 is 22.7 Å². The van der Waals surface area contributed by atoms with Gasteiger partial charge in [0.05, 0.1) is 0 Å². The standard InChI is InChI=1S/C16H14O2S/c1-12(17)14-7-9-15(10-8-14)16(18)19-11-13-5-3-2-4-6-13/h2-10H,11H2,1H3. The maximum atomic E-state index is 12.0. The van der Waals surface area contributed by atoms with E-state index in [1.165, 1.54) is 18.7 Å². The zero-order valence-corrected chi connectivity index (χ0v) is 11.4. The van der Waals surface area contributed by atoms with E-state index < -0.39 is 0 Å². The van der Waals surface area contributed by atoms with Gasteiger partial charge in [-0.2, -0.15) is 0 Å². The summed E-state index contributed by atoms with van der Waals surface area (Å²) >= 11 is 1.27. The van der Waals surface area contributed by atoms with E-state index in [4.69, 9.17) is 0 Å². The third-order valence-electron chi connectivity index (χ3n) is 2.74. The molecule has 0 saturated heterocycles. The molecule has 0 aromatic heterocycles. The lowest BCUT2D eigenvalue weighted by molar-refractivity contribution is 0.101. The molecule has 0 aliphatic carbocycles. The number of carbonyl (C=O) groups excluding carboxylic acids is 2. The van der Waals surface area contributed by atoms with Gasteiger partial charge in [0.2, 0.25) is 5.12 Å². The molecule has 19 heavy (non-hydrogen) atoms. The van der Waals surface area contributed by atoms with Crippen LogP contribution in [0.3, 0.4) is 0 Å². The number of Topliss-reactive ketones (excluding diaryl/α,β-unsaturated/α-hetero) is 1. The van der Waals surface area contributed by atoms with Crippen molar-refractivity contribution in [2.24, 2.45) is 0 Å². The Morgan fingerprint density at radius 1 is 0.895 bits per heavy atom. The minimum atomic E-state index is 0.0101. The first-order valence-electron chi connectivity index (χ1n) is 5.99. The fourth-order valence-electron chi connectivity index (χ4n) is 1.65. The minimum absolute atomic E-state index is 0.0101. The second-order valence-corrected chi connectivity index (χ2v) is 5.14. The molecule has 0 amide bonds. The molecule has 0 saturated carbocycles. The van der Waals surface area contributed by atoms with Gasteiger partial charge in [-0.3, -0.25) is 9.59 Å². The summed E-state index contributed by atoms with van der Waals surface area (Å²) in [5, 5.41) is 0.0268. The zero-order valence-electron chi connectivity index (χ0n) is 10.6. The van der Waals surface area contributed by atoms with Crippen molar-refractivity contribution in [1.29, 1.82) is 0 Å². The first-order valence-corrected chi connectivity index (χ1v) is 6.97. The molecule has 2 aromatic rings. The fourth-order valence-corrected chi connectivity index (χ4v) is 2.44. The summed E-state index contributed by atoms with van der Waals surface area (Å²) in [5.74, 6) is 0.671. The van der Waals surface area contributed by atoms with Crippen molar-refractivity contribution in [1.82, 2.24) is 0 Å². The number of benzene rings is 2. The van der Waals surface area contributed by atoms with Gasteiger partial charge in [-0.05, 0) is 24.6 Å². The van der Waals surface area contributed by atoms with E-state index in [0.717, 1.165) is 5.56 Å². The zero-order chi connectivity index (χ0) is 13.7. The molecule has 96 valence electrons. The van der Waals surface area contributed by atoms with Crippen molar-refractivity contribution in [3.8, 4) is 0 Å².